The van der Waals surface area contributed by atoms with Crippen LogP contribution in [0.4, 0.5) is 4.79 Å². The van der Waals surface area contributed by atoms with E-state index >= 15 is 0 Å². The van der Waals surface area contributed by atoms with Crippen LogP contribution in [0.1, 0.15) is 12.8 Å². The van der Waals surface area contributed by atoms with Crippen molar-refractivity contribution in [3.8, 4) is 0 Å². The van der Waals surface area contributed by atoms with Crippen LogP contribution in [-0.4, -0.2) is 25.7 Å². The number of urea groups is 1. The molecule has 1 saturated carbocycles. The highest BCUT2D eigenvalue weighted by Gasteiger charge is 2.17. The van der Waals surface area contributed by atoms with E-state index in [1.807, 2.05) is 6.08 Å². The largest absolute Gasteiger partial charge is 0.468 e. The summed E-state index contributed by atoms with van der Waals surface area (Å²) in [5.74, 6) is 0.155. The van der Waals surface area contributed by atoms with Gasteiger partial charge in [0, 0.05) is 6.20 Å². The third-order valence-electron chi connectivity index (χ3n) is 1.83. The number of nitrogens with one attached hydrogen (secondary N) is 2. The minimum Gasteiger partial charge on any atom is -0.468 e. The third kappa shape index (κ3) is 4.49. The Morgan fingerprint density at radius 1 is 1.50 bits per heavy atom. The third-order valence-corrected chi connectivity index (χ3v) is 1.83. The van der Waals surface area contributed by atoms with Gasteiger partial charge in [-0.1, -0.05) is 6.08 Å². The molecule has 2 amide bonds. The van der Waals surface area contributed by atoms with E-state index in [1.54, 1.807) is 6.20 Å². The Hall–Kier alpha value is -1.52. The van der Waals surface area contributed by atoms with Gasteiger partial charge >= 0.3 is 12.0 Å². The molecule has 0 unspecified atom stereocenters. The van der Waals surface area contributed by atoms with E-state index in [9.17, 15) is 9.59 Å². The summed E-state index contributed by atoms with van der Waals surface area (Å²) < 4.78 is 4.35. The molecule has 14 heavy (non-hydrogen) atoms. The maximum Gasteiger partial charge on any atom is 0.325 e. The molecule has 78 valence electrons. The Labute approximate surface area is 82.5 Å². The summed E-state index contributed by atoms with van der Waals surface area (Å²) >= 11 is 0. The van der Waals surface area contributed by atoms with Crippen LogP contribution >= 0.6 is 0 Å². The summed E-state index contributed by atoms with van der Waals surface area (Å²) in [4.78, 5) is 21.6. The number of allylic oxidation sites excluding steroid dienone is 1. The van der Waals surface area contributed by atoms with Gasteiger partial charge in [0.05, 0.1) is 7.11 Å². The summed E-state index contributed by atoms with van der Waals surface area (Å²) in [6.45, 7) is -0.112. The molecule has 2 N–H and O–H groups in total. The molecule has 0 atom stereocenters. The first-order valence-corrected chi connectivity index (χ1v) is 4.50. The minimum atomic E-state index is -0.466. The molecule has 0 aliphatic heterocycles. The second kappa shape index (κ2) is 5.26. The van der Waals surface area contributed by atoms with Crippen LogP contribution in [0.15, 0.2) is 12.3 Å². The van der Waals surface area contributed by atoms with Gasteiger partial charge in [-0.25, -0.2) is 4.79 Å². The van der Waals surface area contributed by atoms with E-state index in [0.717, 1.165) is 0 Å². The Morgan fingerprint density at radius 2 is 2.21 bits per heavy atom. The Balaban J connectivity index is 2.05. The molecule has 0 heterocycles. The van der Waals surface area contributed by atoms with Gasteiger partial charge in [-0.15, -0.1) is 0 Å². The van der Waals surface area contributed by atoms with Crippen molar-refractivity contribution in [1.29, 1.82) is 0 Å². The van der Waals surface area contributed by atoms with Crippen molar-refractivity contribution in [1.82, 2.24) is 10.6 Å². The first-order valence-electron chi connectivity index (χ1n) is 4.50. The summed E-state index contributed by atoms with van der Waals surface area (Å²) in [5.41, 5.74) is 0. The van der Waals surface area contributed by atoms with E-state index in [2.05, 4.69) is 15.4 Å². The van der Waals surface area contributed by atoms with Gasteiger partial charge in [-0.3, -0.25) is 4.79 Å². The predicted octanol–water partition coefficient (Wildman–Crippen LogP) is 0.382. The number of amides is 2. The molecular weight excluding hydrogens is 184 g/mol. The van der Waals surface area contributed by atoms with Gasteiger partial charge in [0.1, 0.15) is 6.54 Å². The molecule has 0 spiro atoms. The molecule has 0 saturated heterocycles. The second-order valence-corrected chi connectivity index (χ2v) is 3.10. The molecule has 1 rings (SSSR count). The fourth-order valence-electron chi connectivity index (χ4n) is 0.824. The van der Waals surface area contributed by atoms with Gasteiger partial charge in [-0.05, 0) is 18.8 Å². The van der Waals surface area contributed by atoms with E-state index < -0.39 is 12.0 Å². The molecular formula is C9H14N2O3. The van der Waals surface area contributed by atoms with Crippen molar-refractivity contribution >= 4 is 12.0 Å². The first-order chi connectivity index (χ1) is 6.72. The van der Waals surface area contributed by atoms with Crippen molar-refractivity contribution < 1.29 is 14.3 Å². The van der Waals surface area contributed by atoms with Gasteiger partial charge < -0.3 is 15.4 Å². The zero-order valence-electron chi connectivity index (χ0n) is 8.08. The fourth-order valence-corrected chi connectivity index (χ4v) is 0.824. The maximum absolute atomic E-state index is 11.0. The molecule has 1 aliphatic rings. The van der Waals surface area contributed by atoms with E-state index in [4.69, 9.17) is 0 Å². The van der Waals surface area contributed by atoms with Crippen LogP contribution in [-0.2, 0) is 9.53 Å². The summed E-state index contributed by atoms with van der Waals surface area (Å²) in [5, 5.41) is 4.85. The number of rotatable bonds is 4. The lowest BCUT2D eigenvalue weighted by Crippen LogP contribution is -2.36. The molecule has 0 aromatic rings. The van der Waals surface area contributed by atoms with Gasteiger partial charge in [-0.2, -0.15) is 0 Å². The highest BCUT2D eigenvalue weighted by Crippen LogP contribution is 2.29. The quantitative estimate of drug-likeness (QED) is 0.642. The Morgan fingerprint density at radius 3 is 2.79 bits per heavy atom. The van der Waals surface area contributed by atoms with Crippen LogP contribution < -0.4 is 10.6 Å². The summed E-state index contributed by atoms with van der Waals surface area (Å²) in [7, 11) is 1.27. The number of carbonyl (C=O) groups is 2. The molecule has 5 nitrogen and oxygen atoms in total. The molecule has 1 fully saturated rings. The normalized spacial score (nSPS) is 15.2. The maximum atomic E-state index is 11.0. The molecule has 0 aromatic heterocycles. The number of carbonyl (C=O) groups excluding carboxylic acids is 2. The number of ether oxygens (including phenoxy) is 1. The molecule has 0 aromatic carbocycles. The van der Waals surface area contributed by atoms with E-state index in [1.165, 1.54) is 20.0 Å². The van der Waals surface area contributed by atoms with Crippen molar-refractivity contribution in [2.75, 3.05) is 13.7 Å². The predicted molar refractivity (Wildman–Crippen MR) is 50.4 cm³/mol. The molecule has 0 bridgehead atoms. The number of hydrogen-bond donors (Lipinski definition) is 2. The fraction of sp³-hybridized carbons (Fsp3) is 0.556. The van der Waals surface area contributed by atoms with E-state index in [-0.39, 0.29) is 6.54 Å². The van der Waals surface area contributed by atoms with Crippen molar-refractivity contribution in [2.45, 2.75) is 12.8 Å². The van der Waals surface area contributed by atoms with Crippen molar-refractivity contribution in [3.63, 3.8) is 0 Å². The lowest BCUT2D eigenvalue weighted by atomic mass is 10.4. The van der Waals surface area contributed by atoms with Gasteiger partial charge in [0.25, 0.3) is 0 Å². The van der Waals surface area contributed by atoms with Gasteiger partial charge in [0.2, 0.25) is 0 Å². The van der Waals surface area contributed by atoms with Crippen LogP contribution in [0.25, 0.3) is 0 Å². The molecule has 5 heteroatoms. The smallest absolute Gasteiger partial charge is 0.325 e. The zero-order valence-corrected chi connectivity index (χ0v) is 8.08. The van der Waals surface area contributed by atoms with E-state index in [0.29, 0.717) is 5.92 Å². The number of esters is 1. The topological polar surface area (TPSA) is 67.4 Å². The average molecular weight is 198 g/mol. The van der Waals surface area contributed by atoms with Gasteiger partial charge in [0.15, 0.2) is 0 Å². The molecule has 1 aliphatic carbocycles. The summed E-state index contributed by atoms with van der Waals surface area (Å²) in [6, 6.07) is -0.396. The number of methoxy groups -OCH3 is 1. The van der Waals surface area contributed by atoms with Crippen LogP contribution in [0.2, 0.25) is 0 Å². The Bertz CT molecular complexity index is 246. The number of hydrogen-bond acceptors (Lipinski definition) is 3. The lowest BCUT2D eigenvalue weighted by Gasteiger charge is -2.02. The van der Waals surface area contributed by atoms with Crippen LogP contribution in [0.5, 0.6) is 0 Å². The highest BCUT2D eigenvalue weighted by molar-refractivity contribution is 5.81. The first kappa shape index (κ1) is 10.6. The monoisotopic (exact) mass is 198 g/mol. The van der Waals surface area contributed by atoms with Crippen LogP contribution in [0, 0.1) is 5.92 Å². The standard InChI is InChI=1S/C9H14N2O3/c1-14-8(12)6-11-9(13)10-5-4-7-2-3-7/h4-5,7H,2-3,6H2,1H3,(H2,10,11,13)/b5-4+. The van der Waals surface area contributed by atoms with Crippen molar-refractivity contribution in [3.05, 3.63) is 12.3 Å². The Kier molecular flexibility index (Phi) is 3.97. The summed E-state index contributed by atoms with van der Waals surface area (Å²) in [6.07, 6.45) is 5.94. The zero-order chi connectivity index (χ0) is 10.4. The molecule has 0 radical (unpaired) electrons. The highest BCUT2D eigenvalue weighted by atomic mass is 16.5. The minimum absolute atomic E-state index is 0.112. The SMILES string of the molecule is COC(=O)CNC(=O)N/C=C/C1CC1. The van der Waals surface area contributed by atoms with Crippen LogP contribution in [0.3, 0.4) is 0 Å². The second-order valence-electron chi connectivity index (χ2n) is 3.10. The lowest BCUT2D eigenvalue weighted by molar-refractivity contribution is -0.139. The average Bonchev–Trinajstić information content (AvgIpc) is 2.98. The van der Waals surface area contributed by atoms with Crippen molar-refractivity contribution in [2.24, 2.45) is 5.92 Å².